The lowest BCUT2D eigenvalue weighted by Crippen LogP contribution is -2.56. The number of ether oxygens (including phenoxy) is 1. The van der Waals surface area contributed by atoms with Gasteiger partial charge in [0.2, 0.25) is 5.89 Å². The molecule has 3 heterocycles. The zero-order valence-electron chi connectivity index (χ0n) is 25.7. The van der Waals surface area contributed by atoms with Gasteiger partial charge >= 0.3 is 6.09 Å². The maximum absolute atomic E-state index is 13.5. The highest BCUT2D eigenvalue weighted by molar-refractivity contribution is 5.93. The fourth-order valence-electron chi connectivity index (χ4n) is 5.84. The molecule has 43 heavy (non-hydrogen) atoms. The highest BCUT2D eigenvalue weighted by atomic mass is 16.6. The maximum atomic E-state index is 13.5. The van der Waals surface area contributed by atoms with Gasteiger partial charge in [-0.15, -0.1) is 0 Å². The predicted octanol–water partition coefficient (Wildman–Crippen LogP) is 4.29. The first-order valence-corrected chi connectivity index (χ1v) is 15.1. The molecule has 2 amide bonds. The van der Waals surface area contributed by atoms with Crippen LogP contribution in [0.4, 0.5) is 10.6 Å². The number of carbonyl (C=O) groups is 2. The van der Waals surface area contributed by atoms with Crippen molar-refractivity contribution in [2.75, 3.05) is 18.5 Å². The van der Waals surface area contributed by atoms with Gasteiger partial charge in [-0.1, -0.05) is 0 Å². The fourth-order valence-corrected chi connectivity index (χ4v) is 5.84. The van der Waals surface area contributed by atoms with Crippen molar-refractivity contribution in [3.05, 3.63) is 42.2 Å². The van der Waals surface area contributed by atoms with Crippen LogP contribution in [-0.2, 0) is 4.74 Å². The summed E-state index contributed by atoms with van der Waals surface area (Å²) in [4.78, 5) is 34.2. The molecule has 2 aliphatic carbocycles. The summed E-state index contributed by atoms with van der Waals surface area (Å²) in [6.45, 7) is 9.86. The minimum Gasteiger partial charge on any atom is -0.444 e. The molecule has 0 aromatic carbocycles. The van der Waals surface area contributed by atoms with Crippen molar-refractivity contribution in [3.8, 4) is 11.5 Å². The summed E-state index contributed by atoms with van der Waals surface area (Å²) in [7, 11) is 0. The van der Waals surface area contributed by atoms with E-state index in [4.69, 9.17) is 9.15 Å². The third kappa shape index (κ3) is 7.73. The lowest BCUT2D eigenvalue weighted by Gasteiger charge is -2.44. The normalized spacial score (nSPS) is 23.2. The number of amides is 2. The van der Waals surface area contributed by atoms with Crippen LogP contribution in [0.5, 0.6) is 0 Å². The van der Waals surface area contributed by atoms with E-state index in [1.807, 2.05) is 6.20 Å². The average Bonchev–Trinajstić information content (AvgIpc) is 3.46. The van der Waals surface area contributed by atoms with Crippen LogP contribution >= 0.6 is 0 Å². The van der Waals surface area contributed by atoms with Crippen LogP contribution in [0.25, 0.3) is 11.5 Å². The minimum atomic E-state index is -1.13. The molecule has 3 aliphatic rings. The predicted molar refractivity (Wildman–Crippen MR) is 159 cm³/mol. The Bertz CT molecular complexity index is 1330. The second kappa shape index (κ2) is 12.3. The van der Waals surface area contributed by atoms with Crippen LogP contribution < -0.4 is 10.6 Å². The molecule has 2 fully saturated rings. The molecule has 1 unspecified atom stereocenters. The van der Waals surface area contributed by atoms with Crippen LogP contribution in [0.15, 0.2) is 40.9 Å². The van der Waals surface area contributed by atoms with Crippen LogP contribution in [0.1, 0.15) is 83.6 Å². The third-order valence-corrected chi connectivity index (χ3v) is 8.05. The number of anilines is 1. The lowest BCUT2D eigenvalue weighted by molar-refractivity contribution is -0.0981. The summed E-state index contributed by atoms with van der Waals surface area (Å²) < 4.78 is 10.9. The molecule has 5 rings (SSSR count). The molecule has 0 bridgehead atoms. The number of nitrogens with one attached hydrogen (secondary N) is 2. The number of aliphatic hydroxyl groups excluding tert-OH is 1. The van der Waals surface area contributed by atoms with E-state index in [1.165, 1.54) is 12.5 Å². The van der Waals surface area contributed by atoms with Gasteiger partial charge in [-0.05, 0) is 97.1 Å². The molecule has 0 radical (unpaired) electrons. The Morgan fingerprint density at radius 1 is 1.07 bits per heavy atom. The molecule has 2 aromatic heterocycles. The number of oxazole rings is 1. The van der Waals surface area contributed by atoms with Crippen LogP contribution in [0.2, 0.25) is 0 Å². The van der Waals surface area contributed by atoms with E-state index >= 15 is 0 Å². The fraction of sp³-hybridized carbons (Fsp3) is 0.613. The number of carbonyl (C=O) groups excluding carboxylic acids is 2. The van der Waals surface area contributed by atoms with E-state index in [2.05, 4.69) is 30.6 Å². The Morgan fingerprint density at radius 2 is 1.77 bits per heavy atom. The van der Waals surface area contributed by atoms with E-state index in [0.29, 0.717) is 23.1 Å². The van der Waals surface area contributed by atoms with Crippen LogP contribution in [0, 0.1) is 11.8 Å². The maximum Gasteiger partial charge on any atom is 0.413 e. The number of hydrogen-bond donors (Lipinski definition) is 4. The number of hydrogen-bond acceptors (Lipinski definition) is 10. The molecule has 2 saturated carbocycles. The summed E-state index contributed by atoms with van der Waals surface area (Å²) in [6.07, 6.45) is 10.2. The zero-order chi connectivity index (χ0) is 30.9. The number of aliphatic hydroxyl groups is 2. The van der Waals surface area contributed by atoms with Crippen LogP contribution in [-0.4, -0.2) is 78.6 Å². The van der Waals surface area contributed by atoms with E-state index in [9.17, 15) is 19.8 Å². The molecule has 1 atom stereocenters. The van der Waals surface area contributed by atoms with Crippen molar-refractivity contribution in [2.24, 2.45) is 11.8 Å². The Kier molecular flexibility index (Phi) is 8.82. The Balaban J connectivity index is 1.32. The van der Waals surface area contributed by atoms with Crippen LogP contribution in [0.3, 0.4) is 0 Å². The monoisotopic (exact) mass is 596 g/mol. The molecule has 0 saturated heterocycles. The topological polar surface area (TPSA) is 153 Å². The smallest absolute Gasteiger partial charge is 0.413 e. The molecule has 0 spiro atoms. The summed E-state index contributed by atoms with van der Waals surface area (Å²) in [6, 6.07) is 3.03. The number of rotatable bonds is 9. The Morgan fingerprint density at radius 3 is 2.40 bits per heavy atom. The number of hydrazine groups is 1. The summed E-state index contributed by atoms with van der Waals surface area (Å²) in [5.74, 6) is 0.891. The van der Waals surface area contributed by atoms with Gasteiger partial charge in [0.15, 0.2) is 5.69 Å². The number of pyridine rings is 1. The van der Waals surface area contributed by atoms with E-state index < -0.39 is 29.2 Å². The van der Waals surface area contributed by atoms with Crippen molar-refractivity contribution < 1.29 is 29.0 Å². The second-order valence-corrected chi connectivity index (χ2v) is 13.5. The summed E-state index contributed by atoms with van der Waals surface area (Å²) >= 11 is 0. The molecule has 234 valence electrons. The van der Waals surface area contributed by atoms with E-state index in [-0.39, 0.29) is 30.1 Å². The molecule has 1 aliphatic heterocycles. The Labute approximate surface area is 252 Å². The molecule has 12 nitrogen and oxygen atoms in total. The average molecular weight is 597 g/mol. The summed E-state index contributed by atoms with van der Waals surface area (Å²) in [5.41, 5.74) is -0.569. The third-order valence-electron chi connectivity index (χ3n) is 8.05. The molecule has 4 N–H and O–H groups in total. The minimum absolute atomic E-state index is 0.0829. The van der Waals surface area contributed by atoms with Crippen molar-refractivity contribution in [1.29, 1.82) is 0 Å². The number of nitrogens with zero attached hydrogens (tertiary/aromatic N) is 4. The van der Waals surface area contributed by atoms with Crippen molar-refractivity contribution in [2.45, 2.75) is 96.4 Å². The molecule has 2 aromatic rings. The first-order chi connectivity index (χ1) is 20.3. The van der Waals surface area contributed by atoms with Crippen molar-refractivity contribution in [1.82, 2.24) is 25.3 Å². The largest absolute Gasteiger partial charge is 0.444 e. The zero-order valence-corrected chi connectivity index (χ0v) is 25.7. The first-order valence-electron chi connectivity index (χ1n) is 15.1. The molecule has 12 heteroatoms. The van der Waals surface area contributed by atoms with Gasteiger partial charge in [0.1, 0.15) is 17.7 Å². The van der Waals surface area contributed by atoms with Gasteiger partial charge in [0.25, 0.3) is 5.91 Å². The standard InChI is InChI=1S/C31H44N6O6/c1-30(2,3)43-29(40)35-25-14-21(12-13-32-25)28-34-24(18-42-28)27(39)33-23-16-36(22-10-8-20(17-38)9-11-22)37(15-19-6-7-19)26(23)31(4,5)41/h12-14,16,18-20,22,26,38,41H,6-11,15,17H2,1-5H3,(H,33,39)(H,32,35,40). The second-order valence-electron chi connectivity index (χ2n) is 13.5. The van der Waals surface area contributed by atoms with Gasteiger partial charge in [-0.3, -0.25) is 10.1 Å². The lowest BCUT2D eigenvalue weighted by atomic mass is 9.86. The molecular formula is C31H44N6O6. The van der Waals surface area contributed by atoms with E-state index in [0.717, 1.165) is 45.1 Å². The quantitative estimate of drug-likeness (QED) is 0.330. The Hall–Kier alpha value is -3.48. The van der Waals surface area contributed by atoms with Gasteiger partial charge in [-0.2, -0.15) is 0 Å². The SMILES string of the molecule is CC(C)(C)OC(=O)Nc1cc(-c2nc(C(=O)NC3=CN(C4CCC(CO)CC4)N(CC4CC4)C3C(C)(C)O)co2)ccn1. The highest BCUT2D eigenvalue weighted by Gasteiger charge is 2.47. The van der Waals surface area contributed by atoms with E-state index in [1.54, 1.807) is 46.8 Å². The van der Waals surface area contributed by atoms with Crippen molar-refractivity contribution in [3.63, 3.8) is 0 Å². The summed E-state index contributed by atoms with van der Waals surface area (Å²) in [5, 5.41) is 31.0. The number of aromatic nitrogens is 2. The van der Waals surface area contributed by atoms with Gasteiger partial charge in [0.05, 0.1) is 17.3 Å². The highest BCUT2D eigenvalue weighted by Crippen LogP contribution is 2.40. The van der Waals surface area contributed by atoms with Gasteiger partial charge in [0, 0.05) is 37.2 Å². The first kappa shape index (κ1) is 31.0. The molecular weight excluding hydrogens is 552 g/mol. The van der Waals surface area contributed by atoms with Gasteiger partial charge in [-0.25, -0.2) is 19.8 Å². The van der Waals surface area contributed by atoms with Crippen molar-refractivity contribution >= 4 is 17.8 Å². The van der Waals surface area contributed by atoms with Gasteiger partial charge < -0.3 is 29.7 Å².